The predicted molar refractivity (Wildman–Crippen MR) is 131 cm³/mol. The molecule has 0 heterocycles. The third-order valence-corrected chi connectivity index (χ3v) is 7.01. The molecule has 12 heteroatoms. The first-order valence-electron chi connectivity index (χ1n) is 10.5. The first kappa shape index (κ1) is 26.7. The molecule has 2 N–H and O–H groups in total. The van der Waals surface area contributed by atoms with E-state index >= 15 is 0 Å². The van der Waals surface area contributed by atoms with Crippen LogP contribution in [0.1, 0.15) is 33.0 Å². The lowest BCUT2D eigenvalue weighted by Gasteiger charge is -2.11. The summed E-state index contributed by atoms with van der Waals surface area (Å²) in [5.74, 6) is -4.02. The third-order valence-electron chi connectivity index (χ3n) is 5.74. The van der Waals surface area contributed by atoms with Crippen LogP contribution >= 0.6 is 34.8 Å². The minimum Gasteiger partial charge on any atom is -0.326 e. The average Bonchev–Trinajstić information content (AvgIpc) is 3.42. The molecule has 0 saturated heterocycles. The maximum Gasteiger partial charge on any atom is 0.416 e. The molecule has 1 fully saturated rings. The number of nitriles is 1. The topological polar surface area (TPSA) is 82.0 Å². The van der Waals surface area contributed by atoms with Gasteiger partial charge in [-0.15, -0.1) is 23.2 Å². The van der Waals surface area contributed by atoms with Gasteiger partial charge in [-0.1, -0.05) is 29.8 Å². The van der Waals surface area contributed by atoms with E-state index in [4.69, 9.17) is 40.1 Å². The van der Waals surface area contributed by atoms with Crippen molar-refractivity contribution in [1.29, 1.82) is 5.26 Å². The number of rotatable bonds is 5. The van der Waals surface area contributed by atoms with Gasteiger partial charge in [-0.05, 0) is 48.0 Å². The molecule has 37 heavy (non-hydrogen) atoms. The summed E-state index contributed by atoms with van der Waals surface area (Å²) in [6.45, 7) is 0. The van der Waals surface area contributed by atoms with Crippen LogP contribution in [0, 0.1) is 23.1 Å². The van der Waals surface area contributed by atoms with Gasteiger partial charge >= 0.3 is 6.18 Å². The zero-order valence-corrected chi connectivity index (χ0v) is 20.6. The van der Waals surface area contributed by atoms with Crippen molar-refractivity contribution in [3.63, 3.8) is 0 Å². The second-order valence-corrected chi connectivity index (χ2v) is 10.0. The number of nitrogens with one attached hydrogen (secondary N) is 2. The Morgan fingerprint density at radius 3 is 2.41 bits per heavy atom. The van der Waals surface area contributed by atoms with Gasteiger partial charge in [0.05, 0.1) is 33.3 Å². The number of halogens is 7. The molecule has 1 saturated carbocycles. The number of carbonyl (C=O) groups excluding carboxylic acids is 2. The molecule has 190 valence electrons. The van der Waals surface area contributed by atoms with Crippen molar-refractivity contribution >= 4 is 58.0 Å². The SMILES string of the molecule is N#Cc1cc(F)ccc1NC(=O)c1cc(NC(=O)[C@@H]2[C@@H](c3cccc(C(F)(F)F)c3)C2(Cl)Cl)ccc1Cl. The largest absolute Gasteiger partial charge is 0.416 e. The Morgan fingerprint density at radius 2 is 1.73 bits per heavy atom. The fourth-order valence-corrected chi connectivity index (χ4v) is 4.91. The molecule has 1 aliphatic carbocycles. The van der Waals surface area contributed by atoms with Crippen molar-refractivity contribution in [3.8, 4) is 6.07 Å². The summed E-state index contributed by atoms with van der Waals surface area (Å²) >= 11 is 18.7. The number of hydrogen-bond acceptors (Lipinski definition) is 3. The van der Waals surface area contributed by atoms with E-state index in [1.165, 1.54) is 36.4 Å². The molecule has 0 spiro atoms. The zero-order chi connectivity index (χ0) is 27.1. The van der Waals surface area contributed by atoms with Gasteiger partial charge in [0, 0.05) is 11.6 Å². The number of carbonyl (C=O) groups is 2. The van der Waals surface area contributed by atoms with Crippen molar-refractivity contribution in [2.24, 2.45) is 5.92 Å². The predicted octanol–water partition coefficient (Wildman–Crippen LogP) is 7.15. The second kappa shape index (κ2) is 9.86. The summed E-state index contributed by atoms with van der Waals surface area (Å²) < 4.78 is 51.0. The van der Waals surface area contributed by atoms with Gasteiger partial charge in [-0.2, -0.15) is 18.4 Å². The van der Waals surface area contributed by atoms with Crippen molar-refractivity contribution < 1.29 is 27.2 Å². The minimum atomic E-state index is -4.58. The van der Waals surface area contributed by atoms with Crippen LogP contribution in [-0.4, -0.2) is 16.1 Å². The fourth-order valence-electron chi connectivity index (χ4n) is 3.88. The smallest absolute Gasteiger partial charge is 0.326 e. The number of anilines is 2. The van der Waals surface area contributed by atoms with Gasteiger partial charge in [0.15, 0.2) is 0 Å². The van der Waals surface area contributed by atoms with Crippen LogP contribution in [0.2, 0.25) is 5.02 Å². The summed E-state index contributed by atoms with van der Waals surface area (Å²) in [5, 5.41) is 14.2. The van der Waals surface area contributed by atoms with E-state index in [1.54, 1.807) is 6.07 Å². The van der Waals surface area contributed by atoms with Crippen molar-refractivity contribution in [2.45, 2.75) is 16.4 Å². The Bertz CT molecular complexity index is 1450. The van der Waals surface area contributed by atoms with E-state index in [1.807, 2.05) is 0 Å². The molecular weight excluding hydrogens is 557 g/mol. The summed E-state index contributed by atoms with van der Waals surface area (Å²) in [6.07, 6.45) is -4.58. The molecule has 3 aromatic rings. The lowest BCUT2D eigenvalue weighted by atomic mass is 10.1. The van der Waals surface area contributed by atoms with Gasteiger partial charge in [-0.3, -0.25) is 9.59 Å². The highest BCUT2D eigenvalue weighted by molar-refractivity contribution is 6.53. The Morgan fingerprint density at radius 1 is 1.00 bits per heavy atom. The van der Waals surface area contributed by atoms with E-state index in [-0.39, 0.29) is 33.1 Å². The van der Waals surface area contributed by atoms with Crippen LogP contribution in [-0.2, 0) is 11.0 Å². The minimum absolute atomic E-state index is 0.0217. The maximum absolute atomic E-state index is 13.4. The van der Waals surface area contributed by atoms with Crippen molar-refractivity contribution in [1.82, 2.24) is 0 Å². The molecule has 5 nitrogen and oxygen atoms in total. The van der Waals surface area contributed by atoms with Crippen molar-refractivity contribution in [2.75, 3.05) is 10.6 Å². The second-order valence-electron chi connectivity index (χ2n) is 8.19. The number of amides is 2. The quantitative estimate of drug-likeness (QED) is 0.253. The van der Waals surface area contributed by atoms with Crippen LogP contribution in [0.5, 0.6) is 0 Å². The summed E-state index contributed by atoms with van der Waals surface area (Å²) in [4.78, 5) is 25.7. The Kier molecular flexibility index (Phi) is 7.12. The Balaban J connectivity index is 1.52. The normalized spacial score (nSPS) is 18.0. The molecule has 4 rings (SSSR count). The van der Waals surface area contributed by atoms with E-state index in [0.717, 1.165) is 24.3 Å². The first-order valence-corrected chi connectivity index (χ1v) is 11.6. The van der Waals surface area contributed by atoms with Gasteiger partial charge in [0.2, 0.25) is 5.91 Å². The van der Waals surface area contributed by atoms with Gasteiger partial charge in [0.1, 0.15) is 16.2 Å². The summed E-state index contributed by atoms with van der Waals surface area (Å²) in [6, 6.07) is 13.4. The molecular formula is C25H14Cl3F4N3O2. The molecule has 0 aromatic heterocycles. The van der Waals surface area contributed by atoms with Gasteiger partial charge in [0.25, 0.3) is 5.91 Å². The van der Waals surface area contributed by atoms with Gasteiger partial charge < -0.3 is 10.6 Å². The lowest BCUT2D eigenvalue weighted by Crippen LogP contribution is -2.18. The van der Waals surface area contributed by atoms with Crippen LogP contribution < -0.4 is 10.6 Å². The molecule has 0 bridgehead atoms. The Labute approximate surface area is 222 Å². The molecule has 1 aliphatic rings. The maximum atomic E-state index is 13.4. The van der Waals surface area contributed by atoms with Crippen molar-refractivity contribution in [3.05, 3.63) is 93.8 Å². The number of benzene rings is 3. The van der Waals surface area contributed by atoms with E-state index in [2.05, 4.69) is 10.6 Å². The molecule has 3 aromatic carbocycles. The summed E-state index contributed by atoms with van der Waals surface area (Å²) in [7, 11) is 0. The highest BCUT2D eigenvalue weighted by Crippen LogP contribution is 2.65. The fraction of sp³-hybridized carbons (Fsp3) is 0.160. The molecule has 0 radical (unpaired) electrons. The van der Waals surface area contributed by atoms with Crippen LogP contribution in [0.4, 0.5) is 28.9 Å². The van der Waals surface area contributed by atoms with E-state index in [0.29, 0.717) is 0 Å². The standard InChI is InChI=1S/C25H14Cl3F4N3O2/c26-18-6-5-16(10-17(18)22(36)35-19-7-4-15(29)9-13(19)11-33)34-23(37)21-20(24(21,27)28)12-2-1-3-14(8-12)25(30,31)32/h1-10,20-21H,(H,34,37)(H,35,36)/t20-,21+/m1/s1. The number of hydrogen-bond donors (Lipinski definition) is 2. The van der Waals surface area contributed by atoms with E-state index < -0.39 is 45.5 Å². The van der Waals surface area contributed by atoms with Crippen LogP contribution in [0.3, 0.4) is 0 Å². The van der Waals surface area contributed by atoms with E-state index in [9.17, 15) is 27.2 Å². The molecule has 2 amide bonds. The Hall–Kier alpha value is -3.32. The lowest BCUT2D eigenvalue weighted by molar-refractivity contribution is -0.137. The van der Waals surface area contributed by atoms with Crippen LogP contribution in [0.25, 0.3) is 0 Å². The molecule has 2 atom stereocenters. The molecule has 0 unspecified atom stereocenters. The first-order chi connectivity index (χ1) is 17.3. The highest BCUT2D eigenvalue weighted by Gasteiger charge is 2.67. The number of alkyl halides is 5. The highest BCUT2D eigenvalue weighted by atomic mass is 35.5. The van der Waals surface area contributed by atoms with Gasteiger partial charge in [-0.25, -0.2) is 4.39 Å². The number of nitrogens with zero attached hydrogens (tertiary/aromatic N) is 1. The zero-order valence-electron chi connectivity index (χ0n) is 18.3. The molecule has 0 aliphatic heterocycles. The third kappa shape index (κ3) is 5.52. The average molecular weight is 571 g/mol. The van der Waals surface area contributed by atoms with Crippen LogP contribution in [0.15, 0.2) is 60.7 Å². The monoisotopic (exact) mass is 569 g/mol. The summed E-state index contributed by atoms with van der Waals surface area (Å²) in [5.41, 5.74) is -0.726.